The molecule has 31 heavy (non-hydrogen) atoms. The number of aliphatic hydroxyl groups excluding tert-OH is 1. The van der Waals surface area contributed by atoms with Crippen molar-refractivity contribution in [2.45, 2.75) is 66.6 Å². The first-order valence-corrected chi connectivity index (χ1v) is 10.9. The van der Waals surface area contributed by atoms with Crippen LogP contribution in [0.25, 0.3) is 10.9 Å². The van der Waals surface area contributed by atoms with E-state index in [1.54, 1.807) is 0 Å². The molecule has 2 atom stereocenters. The first-order chi connectivity index (χ1) is 14.5. The lowest BCUT2D eigenvalue weighted by atomic mass is 9.99. The third-order valence-corrected chi connectivity index (χ3v) is 5.90. The van der Waals surface area contributed by atoms with E-state index >= 15 is 0 Å². The van der Waals surface area contributed by atoms with E-state index in [-0.39, 0.29) is 29.7 Å². The Labute approximate surface area is 183 Å². The van der Waals surface area contributed by atoms with Crippen molar-refractivity contribution < 1.29 is 10.0 Å². The molecule has 0 fully saturated rings. The number of H-pyrrole nitrogens is 1. The number of tetrazole rings is 1. The SMILES string of the molecule is Cc1cc2cc(C[NH+](CCO)[C@@H](c3nnnn3C(C)(C)C)C(C)C)c(=O)[nH]c2cc1C. The van der Waals surface area contributed by atoms with Gasteiger partial charge in [-0.1, -0.05) is 13.8 Å². The molecule has 1 aromatic carbocycles. The molecule has 0 saturated heterocycles. The standard InChI is InChI=1S/C23H34N6O2/c1-14(2)20(21-25-26-27-29(21)23(5,6)7)28(8-9-30)13-18-12-17-10-15(3)16(4)11-19(17)24-22(18)31/h10-12,14,20,30H,8-9,13H2,1-7H3,(H,24,31)/p+1/t20-/m1/s1. The second kappa shape index (κ2) is 8.88. The van der Waals surface area contributed by atoms with Crippen LogP contribution < -0.4 is 10.5 Å². The van der Waals surface area contributed by atoms with E-state index in [1.165, 1.54) is 5.56 Å². The number of fused-ring (bicyclic) bond motifs is 1. The highest BCUT2D eigenvalue weighted by molar-refractivity contribution is 5.80. The van der Waals surface area contributed by atoms with Crippen LogP contribution in [-0.4, -0.2) is 43.4 Å². The Balaban J connectivity index is 2.05. The van der Waals surface area contributed by atoms with Gasteiger partial charge in [-0.15, -0.1) is 5.10 Å². The molecular weight excluding hydrogens is 392 g/mol. The van der Waals surface area contributed by atoms with Crippen molar-refractivity contribution >= 4 is 10.9 Å². The van der Waals surface area contributed by atoms with E-state index in [4.69, 9.17) is 0 Å². The number of nitrogens with zero attached hydrogens (tertiary/aromatic N) is 4. The number of aryl methyl sites for hydroxylation is 2. The Morgan fingerprint density at radius 2 is 1.84 bits per heavy atom. The molecule has 0 bridgehead atoms. The van der Waals surface area contributed by atoms with Crippen LogP contribution in [0.3, 0.4) is 0 Å². The average molecular weight is 428 g/mol. The molecule has 0 saturated carbocycles. The van der Waals surface area contributed by atoms with Gasteiger partial charge in [-0.3, -0.25) is 4.79 Å². The Hall–Kier alpha value is -2.58. The number of hydrogen-bond acceptors (Lipinski definition) is 5. The van der Waals surface area contributed by atoms with Gasteiger partial charge in [0.05, 0.1) is 17.7 Å². The summed E-state index contributed by atoms with van der Waals surface area (Å²) in [5, 5.41) is 23.4. The molecule has 0 aliphatic rings. The summed E-state index contributed by atoms with van der Waals surface area (Å²) in [6.07, 6.45) is 0. The second-order valence-corrected chi connectivity index (χ2v) is 9.80. The van der Waals surface area contributed by atoms with Gasteiger partial charge >= 0.3 is 0 Å². The van der Waals surface area contributed by atoms with Crippen LogP contribution in [0.4, 0.5) is 0 Å². The second-order valence-electron chi connectivity index (χ2n) is 9.80. The van der Waals surface area contributed by atoms with Crippen LogP contribution in [0.2, 0.25) is 0 Å². The number of nitrogens with one attached hydrogen (secondary N) is 2. The fourth-order valence-corrected chi connectivity index (χ4v) is 4.21. The van der Waals surface area contributed by atoms with Crippen LogP contribution in [0.1, 0.15) is 63.2 Å². The Kier molecular flexibility index (Phi) is 6.62. The van der Waals surface area contributed by atoms with Crippen molar-refractivity contribution in [3.8, 4) is 0 Å². The van der Waals surface area contributed by atoms with E-state index in [1.807, 2.05) is 23.7 Å². The van der Waals surface area contributed by atoms with Gasteiger partial charge < -0.3 is 15.0 Å². The lowest BCUT2D eigenvalue weighted by Crippen LogP contribution is -3.12. The fourth-order valence-electron chi connectivity index (χ4n) is 4.21. The van der Waals surface area contributed by atoms with Gasteiger partial charge in [0, 0.05) is 11.4 Å². The molecule has 1 unspecified atom stereocenters. The smallest absolute Gasteiger partial charge is 0.257 e. The van der Waals surface area contributed by atoms with Gasteiger partial charge in [0.2, 0.25) is 5.82 Å². The number of aliphatic hydroxyl groups is 1. The maximum Gasteiger partial charge on any atom is 0.257 e. The predicted molar refractivity (Wildman–Crippen MR) is 121 cm³/mol. The van der Waals surface area contributed by atoms with E-state index in [0.29, 0.717) is 18.7 Å². The van der Waals surface area contributed by atoms with E-state index in [9.17, 15) is 9.90 Å². The molecular formula is C23H35N6O2+. The highest BCUT2D eigenvalue weighted by atomic mass is 16.3. The van der Waals surface area contributed by atoms with Crippen LogP contribution in [0, 0.1) is 19.8 Å². The van der Waals surface area contributed by atoms with Crippen LogP contribution in [-0.2, 0) is 12.1 Å². The summed E-state index contributed by atoms with van der Waals surface area (Å²) in [4.78, 5) is 17.0. The highest BCUT2D eigenvalue weighted by Gasteiger charge is 2.35. The lowest BCUT2D eigenvalue weighted by molar-refractivity contribution is -0.950. The van der Waals surface area contributed by atoms with Crippen molar-refractivity contribution in [2.75, 3.05) is 13.2 Å². The summed E-state index contributed by atoms with van der Waals surface area (Å²) in [6, 6.07) is 6.02. The highest BCUT2D eigenvalue weighted by Crippen LogP contribution is 2.22. The molecule has 0 aliphatic carbocycles. The van der Waals surface area contributed by atoms with E-state index in [2.05, 4.69) is 68.1 Å². The summed E-state index contributed by atoms with van der Waals surface area (Å²) >= 11 is 0. The molecule has 168 valence electrons. The number of aromatic amines is 1. The first-order valence-electron chi connectivity index (χ1n) is 10.9. The monoisotopic (exact) mass is 427 g/mol. The molecule has 8 heteroatoms. The number of hydrogen-bond donors (Lipinski definition) is 3. The average Bonchev–Trinajstić information content (AvgIpc) is 3.14. The molecule has 0 spiro atoms. The number of quaternary nitrogens is 1. The molecule has 0 radical (unpaired) electrons. The van der Waals surface area contributed by atoms with Gasteiger partial charge in [0.15, 0.2) is 6.04 Å². The largest absolute Gasteiger partial charge is 0.391 e. The molecule has 3 rings (SSSR count). The van der Waals surface area contributed by atoms with Crippen molar-refractivity contribution in [1.29, 1.82) is 0 Å². The maximum absolute atomic E-state index is 12.9. The van der Waals surface area contributed by atoms with Gasteiger partial charge in [0.1, 0.15) is 13.1 Å². The normalized spacial score (nSPS) is 14.4. The van der Waals surface area contributed by atoms with E-state index in [0.717, 1.165) is 27.2 Å². The molecule has 8 nitrogen and oxygen atoms in total. The zero-order valence-electron chi connectivity index (χ0n) is 19.7. The molecule has 3 aromatic rings. The Morgan fingerprint density at radius 1 is 1.16 bits per heavy atom. The molecule has 0 amide bonds. The third kappa shape index (κ3) is 4.85. The third-order valence-electron chi connectivity index (χ3n) is 5.90. The zero-order valence-corrected chi connectivity index (χ0v) is 19.7. The van der Waals surface area contributed by atoms with Crippen molar-refractivity contribution in [3.05, 3.63) is 51.1 Å². The Bertz CT molecular complexity index is 1110. The van der Waals surface area contributed by atoms with Gasteiger partial charge in [-0.2, -0.15) is 0 Å². The number of rotatable bonds is 7. The summed E-state index contributed by atoms with van der Waals surface area (Å²) in [6.45, 7) is 15.5. The Morgan fingerprint density at radius 3 is 2.45 bits per heavy atom. The van der Waals surface area contributed by atoms with Crippen molar-refractivity contribution in [1.82, 2.24) is 25.2 Å². The van der Waals surface area contributed by atoms with Crippen LogP contribution in [0.15, 0.2) is 23.0 Å². The summed E-state index contributed by atoms with van der Waals surface area (Å²) in [7, 11) is 0. The topological polar surface area (TPSA) is 101 Å². The molecule has 3 N–H and O–H groups in total. The van der Waals surface area contributed by atoms with Gasteiger partial charge in [-0.25, -0.2) is 4.68 Å². The predicted octanol–water partition coefficient (Wildman–Crippen LogP) is 1.66. The van der Waals surface area contributed by atoms with Crippen molar-refractivity contribution in [2.24, 2.45) is 5.92 Å². The summed E-state index contributed by atoms with van der Waals surface area (Å²) < 4.78 is 1.85. The summed E-state index contributed by atoms with van der Waals surface area (Å²) in [5.74, 6) is 0.979. The zero-order chi connectivity index (χ0) is 22.9. The minimum absolute atomic E-state index is 0.0133. The van der Waals surface area contributed by atoms with Crippen LogP contribution >= 0.6 is 0 Å². The fraction of sp³-hybridized carbons (Fsp3) is 0.565. The minimum atomic E-state index is -0.272. The molecule has 2 heterocycles. The summed E-state index contributed by atoms with van der Waals surface area (Å²) in [5.41, 5.74) is 3.51. The number of aromatic nitrogens is 5. The van der Waals surface area contributed by atoms with E-state index < -0.39 is 0 Å². The van der Waals surface area contributed by atoms with Crippen LogP contribution in [0.5, 0.6) is 0 Å². The minimum Gasteiger partial charge on any atom is -0.391 e. The molecule has 0 aliphatic heterocycles. The number of benzene rings is 1. The maximum atomic E-state index is 12.9. The number of pyridine rings is 1. The molecule has 2 aromatic heterocycles. The van der Waals surface area contributed by atoms with Crippen molar-refractivity contribution in [3.63, 3.8) is 0 Å². The lowest BCUT2D eigenvalue weighted by Gasteiger charge is -2.32. The quantitative estimate of drug-likeness (QED) is 0.532. The van der Waals surface area contributed by atoms with Gasteiger partial charge in [0.25, 0.3) is 5.56 Å². The van der Waals surface area contributed by atoms with Gasteiger partial charge in [-0.05, 0) is 79.8 Å². The first kappa shape index (κ1) is 23.1.